The van der Waals surface area contributed by atoms with Crippen LogP contribution < -0.4 is 11.1 Å². The molecule has 2 rings (SSSR count). The Morgan fingerprint density at radius 3 is 2.88 bits per heavy atom. The molecule has 4 N–H and O–H groups in total. The fourth-order valence-electron chi connectivity index (χ4n) is 2.20. The van der Waals surface area contributed by atoms with E-state index in [2.05, 4.69) is 5.32 Å². The van der Waals surface area contributed by atoms with E-state index in [9.17, 15) is 9.50 Å². The topological polar surface area (TPSA) is 58.3 Å². The number of hydrogen-bond donors (Lipinski definition) is 3. The second kappa shape index (κ2) is 5.10. The number of aliphatic hydroxyl groups excluding tert-OH is 1. The summed E-state index contributed by atoms with van der Waals surface area (Å²) in [6, 6.07) is 2.71. The Bertz CT molecular complexity index is 414. The van der Waals surface area contributed by atoms with Crippen LogP contribution in [-0.4, -0.2) is 17.8 Å². The zero-order valence-corrected chi connectivity index (χ0v) is 10.2. The summed E-state index contributed by atoms with van der Waals surface area (Å²) in [5.74, 6) is -0.0702. The molecule has 0 spiro atoms. The van der Waals surface area contributed by atoms with Crippen LogP contribution in [0.5, 0.6) is 0 Å². The first-order valence-electron chi connectivity index (χ1n) is 5.72. The predicted molar refractivity (Wildman–Crippen MR) is 67.7 cm³/mol. The zero-order chi connectivity index (χ0) is 12.4. The Labute approximate surface area is 105 Å². The van der Waals surface area contributed by atoms with Crippen LogP contribution in [0.4, 0.5) is 15.8 Å². The Morgan fingerprint density at radius 2 is 2.24 bits per heavy atom. The highest BCUT2D eigenvalue weighted by molar-refractivity contribution is 6.31. The van der Waals surface area contributed by atoms with Gasteiger partial charge in [0, 0.05) is 12.6 Å². The van der Waals surface area contributed by atoms with Crippen molar-refractivity contribution in [3.05, 3.63) is 23.0 Å². The maximum absolute atomic E-state index is 13.1. The van der Waals surface area contributed by atoms with Crippen molar-refractivity contribution in [3.63, 3.8) is 0 Å². The van der Waals surface area contributed by atoms with Crippen LogP contribution in [0.3, 0.4) is 0 Å². The van der Waals surface area contributed by atoms with Crippen LogP contribution in [0.1, 0.15) is 19.3 Å². The first-order valence-corrected chi connectivity index (χ1v) is 6.10. The van der Waals surface area contributed by atoms with Crippen molar-refractivity contribution in [1.82, 2.24) is 0 Å². The summed E-state index contributed by atoms with van der Waals surface area (Å²) in [7, 11) is 0. The molecule has 0 amide bonds. The van der Waals surface area contributed by atoms with Crippen molar-refractivity contribution in [2.45, 2.75) is 25.4 Å². The molecule has 5 heteroatoms. The van der Waals surface area contributed by atoms with Gasteiger partial charge in [0.05, 0.1) is 22.5 Å². The van der Waals surface area contributed by atoms with Crippen molar-refractivity contribution in [1.29, 1.82) is 0 Å². The van der Waals surface area contributed by atoms with E-state index in [1.54, 1.807) is 0 Å². The second-order valence-electron chi connectivity index (χ2n) is 4.57. The average molecular weight is 259 g/mol. The molecule has 0 bridgehead atoms. The minimum absolute atomic E-state index is 0.0631. The zero-order valence-electron chi connectivity index (χ0n) is 9.42. The minimum Gasteiger partial charge on any atom is -0.397 e. The maximum atomic E-state index is 13.1. The molecular weight excluding hydrogens is 243 g/mol. The number of hydrogen-bond acceptors (Lipinski definition) is 3. The Hall–Kier alpha value is -1.00. The number of rotatable bonds is 3. The van der Waals surface area contributed by atoms with E-state index in [4.69, 9.17) is 17.3 Å². The molecule has 1 aromatic carbocycles. The molecule has 17 heavy (non-hydrogen) atoms. The first kappa shape index (κ1) is 12.5. The third kappa shape index (κ3) is 3.01. The highest BCUT2D eigenvalue weighted by Gasteiger charge is 2.22. The number of nitrogen functional groups attached to an aromatic ring is 1. The lowest BCUT2D eigenvalue weighted by atomic mass is 10.1. The van der Waals surface area contributed by atoms with Gasteiger partial charge < -0.3 is 16.2 Å². The Balaban J connectivity index is 1.97. The number of nitrogens with two attached hydrogens (primary N) is 1. The van der Waals surface area contributed by atoms with Gasteiger partial charge in [-0.3, -0.25) is 0 Å². The third-order valence-electron chi connectivity index (χ3n) is 3.19. The van der Waals surface area contributed by atoms with Gasteiger partial charge >= 0.3 is 0 Å². The van der Waals surface area contributed by atoms with E-state index in [-0.39, 0.29) is 11.1 Å². The van der Waals surface area contributed by atoms with Crippen molar-refractivity contribution >= 4 is 23.0 Å². The fraction of sp³-hybridized carbons (Fsp3) is 0.500. The average Bonchev–Trinajstić information content (AvgIpc) is 2.68. The summed E-state index contributed by atoms with van der Waals surface area (Å²) in [4.78, 5) is 0. The lowest BCUT2D eigenvalue weighted by Gasteiger charge is -2.14. The van der Waals surface area contributed by atoms with E-state index < -0.39 is 5.82 Å². The van der Waals surface area contributed by atoms with Gasteiger partial charge in [0.25, 0.3) is 0 Å². The van der Waals surface area contributed by atoms with E-state index in [1.807, 2.05) is 0 Å². The van der Waals surface area contributed by atoms with E-state index in [1.165, 1.54) is 12.1 Å². The van der Waals surface area contributed by atoms with Crippen molar-refractivity contribution in [2.75, 3.05) is 17.6 Å². The van der Waals surface area contributed by atoms with Gasteiger partial charge in [0.2, 0.25) is 0 Å². The van der Waals surface area contributed by atoms with Crippen LogP contribution in [0, 0.1) is 11.7 Å². The normalized spacial score (nSPS) is 23.9. The molecule has 2 atom stereocenters. The molecule has 1 aromatic rings. The van der Waals surface area contributed by atoms with E-state index >= 15 is 0 Å². The van der Waals surface area contributed by atoms with Gasteiger partial charge in [0.15, 0.2) is 0 Å². The number of aliphatic hydroxyl groups is 1. The number of anilines is 2. The van der Waals surface area contributed by atoms with Gasteiger partial charge in [-0.25, -0.2) is 4.39 Å². The summed E-state index contributed by atoms with van der Waals surface area (Å²) in [5, 5.41) is 12.6. The SMILES string of the molecule is Nc1cc(F)c(Cl)cc1NCC1CCC(O)C1. The molecule has 94 valence electrons. The molecule has 1 aliphatic rings. The highest BCUT2D eigenvalue weighted by Crippen LogP contribution is 2.29. The van der Waals surface area contributed by atoms with Gasteiger partial charge in [-0.15, -0.1) is 0 Å². The monoisotopic (exact) mass is 258 g/mol. The smallest absolute Gasteiger partial charge is 0.143 e. The molecule has 1 fully saturated rings. The summed E-state index contributed by atoms with van der Waals surface area (Å²) < 4.78 is 13.1. The molecule has 0 saturated heterocycles. The molecule has 0 aliphatic heterocycles. The second-order valence-corrected chi connectivity index (χ2v) is 4.97. The summed E-state index contributed by atoms with van der Waals surface area (Å²) in [5.41, 5.74) is 6.69. The maximum Gasteiger partial charge on any atom is 0.143 e. The van der Waals surface area contributed by atoms with E-state index in [0.29, 0.717) is 17.3 Å². The summed E-state index contributed by atoms with van der Waals surface area (Å²) in [6.45, 7) is 0.725. The fourth-order valence-corrected chi connectivity index (χ4v) is 2.37. The third-order valence-corrected chi connectivity index (χ3v) is 3.48. The lowest BCUT2D eigenvalue weighted by Crippen LogP contribution is -2.13. The largest absolute Gasteiger partial charge is 0.397 e. The molecule has 2 unspecified atom stereocenters. The molecule has 0 heterocycles. The molecule has 1 saturated carbocycles. The van der Waals surface area contributed by atoms with Crippen LogP contribution in [0.2, 0.25) is 5.02 Å². The summed E-state index contributed by atoms with van der Waals surface area (Å²) in [6.07, 6.45) is 2.48. The van der Waals surface area contributed by atoms with Crippen LogP contribution >= 0.6 is 11.6 Å². The number of nitrogens with one attached hydrogen (secondary N) is 1. The predicted octanol–water partition coefficient (Wildman–Crippen LogP) is 2.63. The number of benzene rings is 1. The number of halogens is 2. The van der Waals surface area contributed by atoms with Crippen LogP contribution in [-0.2, 0) is 0 Å². The van der Waals surface area contributed by atoms with Crippen molar-refractivity contribution in [3.8, 4) is 0 Å². The molecule has 1 aliphatic carbocycles. The Kier molecular flexibility index (Phi) is 3.74. The summed E-state index contributed by atoms with van der Waals surface area (Å²) >= 11 is 5.69. The molecule has 3 nitrogen and oxygen atoms in total. The van der Waals surface area contributed by atoms with Gasteiger partial charge in [-0.05, 0) is 31.2 Å². The Morgan fingerprint density at radius 1 is 1.47 bits per heavy atom. The highest BCUT2D eigenvalue weighted by atomic mass is 35.5. The van der Waals surface area contributed by atoms with Crippen LogP contribution in [0.15, 0.2) is 12.1 Å². The van der Waals surface area contributed by atoms with Gasteiger partial charge in [-0.2, -0.15) is 0 Å². The van der Waals surface area contributed by atoms with Crippen molar-refractivity contribution in [2.24, 2.45) is 5.92 Å². The first-order chi connectivity index (χ1) is 8.06. The van der Waals surface area contributed by atoms with E-state index in [0.717, 1.165) is 25.8 Å². The molecule has 0 radical (unpaired) electrons. The van der Waals surface area contributed by atoms with Crippen molar-refractivity contribution < 1.29 is 9.50 Å². The minimum atomic E-state index is -0.508. The van der Waals surface area contributed by atoms with Crippen LogP contribution in [0.25, 0.3) is 0 Å². The molecular formula is C12H16ClFN2O. The van der Waals surface area contributed by atoms with Gasteiger partial charge in [0.1, 0.15) is 5.82 Å². The quantitative estimate of drug-likeness (QED) is 0.731. The standard InChI is InChI=1S/C12H16ClFN2O/c13-9-4-12(11(15)5-10(9)14)16-6-7-1-2-8(17)3-7/h4-5,7-8,16-17H,1-3,6,15H2. The lowest BCUT2D eigenvalue weighted by molar-refractivity contribution is 0.178. The molecule has 0 aromatic heterocycles. The van der Waals surface area contributed by atoms with Gasteiger partial charge in [-0.1, -0.05) is 11.6 Å².